The third-order valence-electron chi connectivity index (χ3n) is 5.53. The van der Waals surface area contributed by atoms with Gasteiger partial charge in [0.15, 0.2) is 6.10 Å². The highest BCUT2D eigenvalue weighted by Crippen LogP contribution is 2.36. The molecule has 4 rings (SSSR count). The first kappa shape index (κ1) is 20.5. The maximum Gasteiger partial charge on any atom is 0.267 e. The summed E-state index contributed by atoms with van der Waals surface area (Å²) >= 11 is 0. The van der Waals surface area contributed by atoms with E-state index in [1.807, 2.05) is 37.3 Å². The van der Waals surface area contributed by atoms with Crippen molar-refractivity contribution in [2.75, 3.05) is 40.4 Å². The van der Waals surface area contributed by atoms with Crippen LogP contribution in [0.5, 0.6) is 5.75 Å². The molecule has 2 heterocycles. The minimum atomic E-state index is -3.54. The first-order valence-electron chi connectivity index (χ1n) is 10.2. The molecule has 0 spiro atoms. The number of fused-ring (bicyclic) bond motifs is 1. The number of nitrogens with one attached hydrogen (secondary N) is 1. The Bertz CT molecular complexity index is 1030. The van der Waals surface area contributed by atoms with Gasteiger partial charge in [-0.05, 0) is 68.1 Å². The van der Waals surface area contributed by atoms with Crippen LogP contribution < -0.4 is 19.3 Å². The van der Waals surface area contributed by atoms with E-state index in [4.69, 9.17) is 4.74 Å². The molecule has 160 valence electrons. The number of hydrogen-bond donors (Lipinski definition) is 1. The van der Waals surface area contributed by atoms with Gasteiger partial charge in [-0.15, -0.1) is 0 Å². The van der Waals surface area contributed by atoms with E-state index < -0.39 is 16.1 Å². The van der Waals surface area contributed by atoms with Crippen molar-refractivity contribution in [2.24, 2.45) is 0 Å². The van der Waals surface area contributed by atoms with Gasteiger partial charge in [0.1, 0.15) is 5.75 Å². The number of carbonyl (C=O) groups is 1. The van der Waals surface area contributed by atoms with E-state index in [0.717, 1.165) is 30.6 Å². The summed E-state index contributed by atoms with van der Waals surface area (Å²) in [6.45, 7) is 3.94. The average molecular weight is 430 g/mol. The van der Waals surface area contributed by atoms with Crippen molar-refractivity contribution in [1.29, 1.82) is 0 Å². The van der Waals surface area contributed by atoms with Gasteiger partial charge >= 0.3 is 0 Å². The number of benzene rings is 2. The number of sulfonamides is 1. The molecule has 1 amide bonds. The van der Waals surface area contributed by atoms with E-state index in [2.05, 4.69) is 10.2 Å². The zero-order valence-electron chi connectivity index (χ0n) is 17.3. The highest BCUT2D eigenvalue weighted by atomic mass is 32.2. The average Bonchev–Trinajstić information content (AvgIpc) is 2.73. The lowest BCUT2D eigenvalue weighted by Crippen LogP contribution is -2.48. The Hall–Kier alpha value is -2.74. The second kappa shape index (κ2) is 8.18. The minimum Gasteiger partial charge on any atom is -0.476 e. The molecular formula is C22H27N3O4S. The second-order valence-corrected chi connectivity index (χ2v) is 9.86. The maximum absolute atomic E-state index is 12.9. The molecule has 0 saturated carbocycles. The highest BCUT2D eigenvalue weighted by Gasteiger charge is 2.35. The molecule has 0 bridgehead atoms. The Labute approximate surface area is 177 Å². The Kier molecular flexibility index (Phi) is 5.60. The van der Waals surface area contributed by atoms with Gasteiger partial charge in [0.2, 0.25) is 10.0 Å². The van der Waals surface area contributed by atoms with Crippen LogP contribution in [0.3, 0.4) is 0 Å². The van der Waals surface area contributed by atoms with Crippen LogP contribution in [0.25, 0.3) is 0 Å². The van der Waals surface area contributed by atoms with E-state index in [1.165, 1.54) is 23.6 Å². The van der Waals surface area contributed by atoms with Crippen molar-refractivity contribution < 1.29 is 17.9 Å². The summed E-state index contributed by atoms with van der Waals surface area (Å²) in [6, 6.07) is 13.0. The molecule has 1 saturated heterocycles. The molecule has 0 radical (unpaired) electrons. The van der Waals surface area contributed by atoms with Crippen molar-refractivity contribution in [3.63, 3.8) is 0 Å². The zero-order chi connectivity index (χ0) is 21.3. The molecule has 1 atom stereocenters. The summed E-state index contributed by atoms with van der Waals surface area (Å²) in [7, 11) is -3.54. The molecule has 0 aliphatic carbocycles. The standard InChI is InChI=1S/C22H27N3O4S/c1-16-6-11-19-20(14-16)29-21(15-25(19)30(2,27)28)22(26)23-17-7-9-18(10-8-17)24-12-4-3-5-13-24/h6-11,14,21H,3-5,12-13,15H2,1-2H3,(H,23,26). The quantitative estimate of drug-likeness (QED) is 0.808. The van der Waals surface area contributed by atoms with Crippen LogP contribution in [-0.4, -0.2) is 46.3 Å². The maximum atomic E-state index is 12.9. The molecule has 1 unspecified atom stereocenters. The van der Waals surface area contributed by atoms with Gasteiger partial charge < -0.3 is 15.0 Å². The van der Waals surface area contributed by atoms with Gasteiger partial charge in [0.05, 0.1) is 18.5 Å². The molecule has 2 aromatic rings. The van der Waals surface area contributed by atoms with Crippen LogP contribution in [0.4, 0.5) is 17.1 Å². The lowest BCUT2D eigenvalue weighted by molar-refractivity contribution is -0.122. The second-order valence-electron chi connectivity index (χ2n) is 7.96. The smallest absolute Gasteiger partial charge is 0.267 e. The number of anilines is 3. The number of nitrogens with zero attached hydrogens (tertiary/aromatic N) is 2. The number of aryl methyl sites for hydroxylation is 1. The van der Waals surface area contributed by atoms with Crippen molar-refractivity contribution in [3.05, 3.63) is 48.0 Å². The van der Waals surface area contributed by atoms with Crippen LogP contribution in [-0.2, 0) is 14.8 Å². The van der Waals surface area contributed by atoms with Crippen molar-refractivity contribution in [3.8, 4) is 5.75 Å². The molecule has 2 aliphatic rings. The normalized spacial score (nSPS) is 19.1. The molecule has 30 heavy (non-hydrogen) atoms. The minimum absolute atomic E-state index is 0.0629. The van der Waals surface area contributed by atoms with Gasteiger partial charge in [0, 0.05) is 24.5 Å². The lowest BCUT2D eigenvalue weighted by atomic mass is 10.1. The Morgan fingerprint density at radius 2 is 1.77 bits per heavy atom. The van der Waals surface area contributed by atoms with Crippen molar-refractivity contribution >= 4 is 33.0 Å². The van der Waals surface area contributed by atoms with E-state index >= 15 is 0 Å². The molecular weight excluding hydrogens is 402 g/mol. The third-order valence-corrected chi connectivity index (χ3v) is 6.68. The van der Waals surface area contributed by atoms with Crippen LogP contribution in [0.2, 0.25) is 0 Å². The molecule has 8 heteroatoms. The number of amides is 1. The Morgan fingerprint density at radius 1 is 1.07 bits per heavy atom. The Morgan fingerprint density at radius 3 is 2.43 bits per heavy atom. The molecule has 0 aromatic heterocycles. The summed E-state index contributed by atoms with van der Waals surface area (Å²) in [5.74, 6) is 0.0220. The third kappa shape index (κ3) is 4.38. The predicted molar refractivity (Wildman–Crippen MR) is 119 cm³/mol. The molecule has 2 aromatic carbocycles. The van der Waals surface area contributed by atoms with E-state index in [9.17, 15) is 13.2 Å². The van der Waals surface area contributed by atoms with Gasteiger partial charge in [-0.1, -0.05) is 6.07 Å². The summed E-state index contributed by atoms with van der Waals surface area (Å²) < 4.78 is 31.7. The van der Waals surface area contributed by atoms with Gasteiger partial charge in [-0.2, -0.15) is 0 Å². The fourth-order valence-electron chi connectivity index (χ4n) is 3.94. The monoisotopic (exact) mass is 429 g/mol. The largest absolute Gasteiger partial charge is 0.476 e. The number of ether oxygens (including phenoxy) is 1. The highest BCUT2D eigenvalue weighted by molar-refractivity contribution is 7.92. The lowest BCUT2D eigenvalue weighted by Gasteiger charge is -2.34. The number of rotatable bonds is 4. The summed E-state index contributed by atoms with van der Waals surface area (Å²) in [5, 5.41) is 2.86. The SMILES string of the molecule is Cc1ccc2c(c1)OC(C(=O)Nc1ccc(N3CCCCC3)cc1)CN2S(C)(=O)=O. The predicted octanol–water partition coefficient (Wildman–Crippen LogP) is 3.15. The van der Waals surface area contributed by atoms with Crippen LogP contribution in [0, 0.1) is 6.92 Å². The fourth-order valence-corrected chi connectivity index (χ4v) is 4.86. The number of carbonyl (C=O) groups excluding carboxylic acids is 1. The molecule has 7 nitrogen and oxygen atoms in total. The van der Waals surface area contributed by atoms with Crippen molar-refractivity contribution in [1.82, 2.24) is 0 Å². The summed E-state index contributed by atoms with van der Waals surface area (Å²) in [6.07, 6.45) is 3.89. The van der Waals surface area contributed by atoms with Crippen molar-refractivity contribution in [2.45, 2.75) is 32.3 Å². The van der Waals surface area contributed by atoms with Crippen LogP contribution in [0.15, 0.2) is 42.5 Å². The van der Waals surface area contributed by atoms with Crippen LogP contribution in [0.1, 0.15) is 24.8 Å². The number of piperidine rings is 1. The number of hydrogen-bond acceptors (Lipinski definition) is 5. The molecule has 2 aliphatic heterocycles. The Balaban J connectivity index is 1.49. The van der Waals surface area contributed by atoms with Gasteiger partial charge in [-0.25, -0.2) is 8.42 Å². The van der Waals surface area contributed by atoms with E-state index in [-0.39, 0.29) is 12.5 Å². The molecule has 1 fully saturated rings. The van der Waals surface area contributed by atoms with E-state index in [0.29, 0.717) is 17.1 Å². The first-order chi connectivity index (χ1) is 14.3. The van der Waals surface area contributed by atoms with Gasteiger partial charge in [0.25, 0.3) is 5.91 Å². The van der Waals surface area contributed by atoms with E-state index in [1.54, 1.807) is 12.1 Å². The summed E-state index contributed by atoms with van der Waals surface area (Å²) in [4.78, 5) is 15.2. The molecule has 1 N–H and O–H groups in total. The van der Waals surface area contributed by atoms with Crippen LogP contribution >= 0.6 is 0 Å². The first-order valence-corrected chi connectivity index (χ1v) is 12.1. The summed E-state index contributed by atoms with van der Waals surface area (Å²) in [5.41, 5.74) is 3.19. The fraction of sp³-hybridized carbons (Fsp3) is 0.409. The zero-order valence-corrected chi connectivity index (χ0v) is 18.1. The topological polar surface area (TPSA) is 79.0 Å². The van der Waals surface area contributed by atoms with Gasteiger partial charge in [-0.3, -0.25) is 9.10 Å².